The third kappa shape index (κ3) is 3.35. The molecule has 4 heteroatoms. The summed E-state index contributed by atoms with van der Waals surface area (Å²) in [6.07, 6.45) is 1.91. The minimum Gasteiger partial charge on any atom is -0.277 e. The Kier molecular flexibility index (Phi) is 6.10. The first kappa shape index (κ1) is 18.9. The Morgan fingerprint density at radius 1 is 1.08 bits per heavy atom. The second-order valence-corrected chi connectivity index (χ2v) is 6.23. The Balaban J connectivity index is 0.00000109. The lowest BCUT2D eigenvalue weighted by molar-refractivity contribution is -0.135. The van der Waals surface area contributed by atoms with Crippen LogP contribution in [0.25, 0.3) is 11.1 Å². The van der Waals surface area contributed by atoms with Gasteiger partial charge in [-0.1, -0.05) is 44.2 Å². The molecule has 0 N–H and O–H groups in total. The third-order valence-corrected chi connectivity index (χ3v) is 4.77. The van der Waals surface area contributed by atoms with E-state index in [0.717, 1.165) is 22.3 Å². The van der Waals surface area contributed by atoms with Crippen molar-refractivity contribution < 1.29 is 9.59 Å². The van der Waals surface area contributed by atoms with E-state index >= 15 is 0 Å². The molecular weight excluding hydrogens is 330 g/mol. The second-order valence-electron chi connectivity index (χ2n) is 5.45. The number of allylic oxidation sites excluding steroid dienone is 1. The number of amides is 2. The van der Waals surface area contributed by atoms with Crippen molar-refractivity contribution in [3.63, 3.8) is 0 Å². The Bertz CT molecular complexity index is 845. The van der Waals surface area contributed by atoms with Crippen LogP contribution in [0.3, 0.4) is 0 Å². The zero-order valence-electron chi connectivity index (χ0n) is 15.3. The number of imide groups is 1. The lowest BCUT2D eigenvalue weighted by Crippen LogP contribution is -2.27. The third-order valence-electron chi connectivity index (χ3n) is 4.09. The molecule has 3 rings (SSSR count). The number of hydrogen-bond donors (Lipinski definition) is 0. The number of benzene rings is 1. The van der Waals surface area contributed by atoms with Gasteiger partial charge in [0.2, 0.25) is 0 Å². The molecule has 130 valence electrons. The van der Waals surface area contributed by atoms with Crippen molar-refractivity contribution in [2.75, 3.05) is 7.05 Å². The van der Waals surface area contributed by atoms with E-state index in [9.17, 15) is 9.59 Å². The van der Waals surface area contributed by atoms with Crippen molar-refractivity contribution in [2.45, 2.75) is 27.7 Å². The fourth-order valence-electron chi connectivity index (χ4n) is 2.88. The number of rotatable bonds is 3. The van der Waals surface area contributed by atoms with Gasteiger partial charge in [-0.3, -0.25) is 14.5 Å². The maximum Gasteiger partial charge on any atom is 0.261 e. The smallest absolute Gasteiger partial charge is 0.261 e. The normalized spacial score (nSPS) is 14.8. The van der Waals surface area contributed by atoms with E-state index in [0.29, 0.717) is 11.1 Å². The van der Waals surface area contributed by atoms with Gasteiger partial charge in [-0.25, -0.2) is 0 Å². The zero-order chi connectivity index (χ0) is 18.6. The van der Waals surface area contributed by atoms with Crippen LogP contribution in [-0.2, 0) is 9.59 Å². The first-order valence-corrected chi connectivity index (χ1v) is 9.32. The van der Waals surface area contributed by atoms with Crippen molar-refractivity contribution >= 4 is 34.3 Å². The van der Waals surface area contributed by atoms with Crippen molar-refractivity contribution in [1.82, 2.24) is 4.90 Å². The summed E-state index contributed by atoms with van der Waals surface area (Å²) in [6.45, 7) is 7.91. The number of hydrogen-bond acceptors (Lipinski definition) is 3. The predicted octanol–water partition coefficient (Wildman–Crippen LogP) is 4.94. The number of likely N-dealkylation sites (N-methyl/N-ethyl adjacent to an activating group) is 1. The van der Waals surface area contributed by atoms with Crippen molar-refractivity contribution in [1.29, 1.82) is 0 Å². The molecule has 3 nitrogen and oxygen atoms in total. The molecule has 25 heavy (non-hydrogen) atoms. The Labute approximate surface area is 153 Å². The molecule has 1 aromatic heterocycles. The van der Waals surface area contributed by atoms with Gasteiger partial charge in [-0.15, -0.1) is 0 Å². The van der Waals surface area contributed by atoms with Crippen LogP contribution in [-0.4, -0.2) is 23.8 Å². The highest BCUT2D eigenvalue weighted by molar-refractivity contribution is 7.08. The molecule has 0 aliphatic carbocycles. The van der Waals surface area contributed by atoms with Gasteiger partial charge in [0.15, 0.2) is 0 Å². The van der Waals surface area contributed by atoms with Crippen LogP contribution in [0.15, 0.2) is 52.7 Å². The van der Waals surface area contributed by atoms with E-state index in [2.05, 4.69) is 0 Å². The molecule has 1 aromatic carbocycles. The van der Waals surface area contributed by atoms with E-state index in [1.165, 1.54) is 23.3 Å². The lowest BCUT2D eigenvalue weighted by atomic mass is 9.90. The van der Waals surface area contributed by atoms with E-state index in [1.807, 2.05) is 74.9 Å². The number of nitrogens with zero attached hydrogens (tertiary/aromatic N) is 1. The van der Waals surface area contributed by atoms with Gasteiger partial charge in [0.25, 0.3) is 11.8 Å². The monoisotopic (exact) mass is 353 g/mol. The van der Waals surface area contributed by atoms with E-state index in [-0.39, 0.29) is 11.8 Å². The van der Waals surface area contributed by atoms with Gasteiger partial charge in [0, 0.05) is 7.05 Å². The molecular formula is C21H23NO2S. The Morgan fingerprint density at radius 3 is 2.32 bits per heavy atom. The maximum atomic E-state index is 12.7. The first-order chi connectivity index (χ1) is 12.1. The fourth-order valence-corrected chi connectivity index (χ4v) is 3.52. The molecule has 2 amide bonds. The summed E-state index contributed by atoms with van der Waals surface area (Å²) < 4.78 is 0. The first-order valence-electron chi connectivity index (χ1n) is 8.38. The molecule has 0 fully saturated rings. The molecule has 1 aliphatic heterocycles. The van der Waals surface area contributed by atoms with E-state index in [4.69, 9.17) is 0 Å². The number of carbonyl (C=O) groups is 2. The minimum absolute atomic E-state index is 0.240. The van der Waals surface area contributed by atoms with Crippen LogP contribution in [0, 0.1) is 6.92 Å². The van der Waals surface area contributed by atoms with Crippen molar-refractivity contribution in [3.05, 3.63) is 69.4 Å². The highest BCUT2D eigenvalue weighted by Crippen LogP contribution is 2.38. The molecule has 0 spiro atoms. The average molecular weight is 353 g/mol. The molecule has 0 unspecified atom stereocenters. The predicted molar refractivity (Wildman–Crippen MR) is 105 cm³/mol. The number of carbonyl (C=O) groups excluding carboxylic acids is 2. The second kappa shape index (κ2) is 8.08. The van der Waals surface area contributed by atoms with E-state index in [1.54, 1.807) is 0 Å². The van der Waals surface area contributed by atoms with Gasteiger partial charge in [0.1, 0.15) is 0 Å². The van der Waals surface area contributed by atoms with Gasteiger partial charge >= 0.3 is 0 Å². The summed E-state index contributed by atoms with van der Waals surface area (Å²) in [5, 5.41) is 3.82. The lowest BCUT2D eigenvalue weighted by Gasteiger charge is -2.12. The van der Waals surface area contributed by atoms with Crippen molar-refractivity contribution in [3.8, 4) is 0 Å². The van der Waals surface area contributed by atoms with Gasteiger partial charge in [-0.2, -0.15) is 11.3 Å². The average Bonchev–Trinajstić information content (AvgIpc) is 3.23. The largest absolute Gasteiger partial charge is 0.277 e. The molecule has 2 heterocycles. The van der Waals surface area contributed by atoms with Crippen LogP contribution < -0.4 is 0 Å². The zero-order valence-corrected chi connectivity index (χ0v) is 16.1. The molecule has 1 aliphatic rings. The molecule has 0 saturated heterocycles. The fraction of sp³-hybridized carbons (Fsp3) is 0.238. The summed E-state index contributed by atoms with van der Waals surface area (Å²) in [7, 11) is 1.54. The van der Waals surface area contributed by atoms with Crippen LogP contribution >= 0.6 is 11.3 Å². The quantitative estimate of drug-likeness (QED) is 0.733. The maximum absolute atomic E-state index is 12.7. The molecule has 2 aromatic rings. The molecule has 0 atom stereocenters. The highest BCUT2D eigenvalue weighted by atomic mass is 32.1. The standard InChI is InChI=1S/C19H17NO2S.C2H6/c1-4-14(15-8-6-5-7-12(15)2)17-16(13-9-10-23-11-13)18(21)20(3)19(17)22;1-2/h4-11H,1-3H3;1-2H3/b14-4+;. The van der Waals surface area contributed by atoms with Crippen LogP contribution in [0.4, 0.5) is 0 Å². The summed E-state index contributed by atoms with van der Waals surface area (Å²) in [5.74, 6) is -0.483. The summed E-state index contributed by atoms with van der Waals surface area (Å²) in [6, 6.07) is 9.79. The highest BCUT2D eigenvalue weighted by Gasteiger charge is 2.38. The van der Waals surface area contributed by atoms with Gasteiger partial charge < -0.3 is 0 Å². The van der Waals surface area contributed by atoms with Crippen molar-refractivity contribution in [2.24, 2.45) is 0 Å². The van der Waals surface area contributed by atoms with Crippen LogP contribution in [0.5, 0.6) is 0 Å². The summed E-state index contributed by atoms with van der Waals surface area (Å²) in [5.41, 5.74) is 4.66. The van der Waals surface area contributed by atoms with Crippen LogP contribution in [0.1, 0.15) is 37.5 Å². The minimum atomic E-state index is -0.243. The molecule has 0 saturated carbocycles. The van der Waals surface area contributed by atoms with Gasteiger partial charge in [0.05, 0.1) is 11.1 Å². The van der Waals surface area contributed by atoms with Gasteiger partial charge in [-0.05, 0) is 52.9 Å². The topological polar surface area (TPSA) is 37.4 Å². The summed E-state index contributed by atoms with van der Waals surface area (Å²) >= 11 is 1.52. The summed E-state index contributed by atoms with van der Waals surface area (Å²) in [4.78, 5) is 26.5. The SMILES string of the molecule is C/C=C(/C1=C(c2ccsc2)C(=O)N(C)C1=O)c1ccccc1C.CC. The number of thiophene rings is 1. The van der Waals surface area contributed by atoms with E-state index < -0.39 is 0 Å². The number of aryl methyl sites for hydroxylation is 1. The molecule has 0 bridgehead atoms. The molecule has 0 radical (unpaired) electrons. The Morgan fingerprint density at radius 2 is 1.76 bits per heavy atom. The van der Waals surface area contributed by atoms with Crippen LogP contribution in [0.2, 0.25) is 0 Å². The Hall–Kier alpha value is -2.46.